The number of tetrazole rings is 1. The van der Waals surface area contributed by atoms with Crippen LogP contribution in [0.25, 0.3) is 5.70 Å². The lowest BCUT2D eigenvalue weighted by Gasteiger charge is -2.32. The highest BCUT2D eigenvalue weighted by Gasteiger charge is 2.32. The number of hydrogen-bond acceptors (Lipinski definition) is 6. The van der Waals surface area contributed by atoms with E-state index in [0.29, 0.717) is 11.6 Å². The second-order valence-corrected chi connectivity index (χ2v) is 8.56. The maximum absolute atomic E-state index is 13.1. The van der Waals surface area contributed by atoms with Gasteiger partial charge in [0.1, 0.15) is 18.3 Å². The van der Waals surface area contributed by atoms with Gasteiger partial charge in [-0.3, -0.25) is 9.69 Å². The molecule has 3 aromatic carbocycles. The number of nitrogens with zero attached hydrogens (tertiary/aromatic N) is 5. The van der Waals surface area contributed by atoms with Gasteiger partial charge in [0, 0.05) is 5.69 Å². The molecular weight excluding hydrogens is 440 g/mol. The molecule has 176 valence electrons. The van der Waals surface area contributed by atoms with Gasteiger partial charge >= 0.3 is 0 Å². The fourth-order valence-corrected chi connectivity index (χ4v) is 4.12. The van der Waals surface area contributed by atoms with Gasteiger partial charge < -0.3 is 10.1 Å². The molecular formula is C27H26N6O2. The molecule has 1 aliphatic heterocycles. The first-order chi connectivity index (χ1) is 17.0. The highest BCUT2D eigenvalue weighted by molar-refractivity contribution is 5.97. The Hall–Kier alpha value is -4.46. The maximum Gasteiger partial charge on any atom is 0.251 e. The van der Waals surface area contributed by atoms with Crippen LogP contribution in [0.5, 0.6) is 5.75 Å². The van der Waals surface area contributed by atoms with Gasteiger partial charge in [0.25, 0.3) is 5.95 Å². The molecule has 0 radical (unpaired) electrons. The summed E-state index contributed by atoms with van der Waals surface area (Å²) < 4.78 is 6.95. The molecule has 1 amide bonds. The monoisotopic (exact) mass is 466 g/mol. The van der Waals surface area contributed by atoms with Gasteiger partial charge in [-0.25, -0.2) is 0 Å². The number of benzene rings is 3. The first-order valence-electron chi connectivity index (χ1n) is 11.4. The summed E-state index contributed by atoms with van der Waals surface area (Å²) >= 11 is 0. The molecule has 0 spiro atoms. The number of hydrogen-bond donors (Lipinski definition) is 1. The van der Waals surface area contributed by atoms with E-state index in [9.17, 15) is 4.79 Å². The van der Waals surface area contributed by atoms with Crippen molar-refractivity contribution in [3.05, 3.63) is 101 Å². The summed E-state index contributed by atoms with van der Waals surface area (Å²) in [6.45, 7) is 4.16. The third kappa shape index (κ3) is 4.63. The molecule has 5 rings (SSSR count). The van der Waals surface area contributed by atoms with Crippen LogP contribution >= 0.6 is 0 Å². The van der Waals surface area contributed by atoms with E-state index in [1.54, 1.807) is 36.1 Å². The highest BCUT2D eigenvalue weighted by atomic mass is 16.5. The number of carbonyl (C=O) groups is 1. The molecule has 8 heteroatoms. The van der Waals surface area contributed by atoms with Crippen molar-refractivity contribution in [2.45, 2.75) is 19.9 Å². The van der Waals surface area contributed by atoms with Gasteiger partial charge in [-0.1, -0.05) is 64.8 Å². The van der Waals surface area contributed by atoms with E-state index in [2.05, 4.69) is 89.3 Å². The van der Waals surface area contributed by atoms with Crippen LogP contribution in [-0.4, -0.2) is 39.8 Å². The number of methoxy groups -OCH3 is 1. The molecule has 1 aliphatic rings. The number of aromatic nitrogens is 4. The largest absolute Gasteiger partial charge is 0.497 e. The van der Waals surface area contributed by atoms with E-state index in [4.69, 9.17) is 4.74 Å². The van der Waals surface area contributed by atoms with Crippen LogP contribution in [0.4, 0.5) is 11.6 Å². The van der Waals surface area contributed by atoms with Crippen LogP contribution in [0.1, 0.15) is 28.3 Å². The Morgan fingerprint density at radius 2 is 1.60 bits per heavy atom. The van der Waals surface area contributed by atoms with E-state index < -0.39 is 0 Å². The first-order valence-corrected chi connectivity index (χ1v) is 11.4. The zero-order valence-corrected chi connectivity index (χ0v) is 19.8. The van der Waals surface area contributed by atoms with Crippen LogP contribution in [-0.2, 0) is 4.79 Å². The van der Waals surface area contributed by atoms with Crippen molar-refractivity contribution in [1.29, 1.82) is 0 Å². The summed E-state index contributed by atoms with van der Waals surface area (Å²) in [7, 11) is 1.61. The van der Waals surface area contributed by atoms with Gasteiger partial charge in [0.05, 0.1) is 12.8 Å². The Bertz CT molecular complexity index is 1360. The van der Waals surface area contributed by atoms with Crippen molar-refractivity contribution in [2.75, 3.05) is 23.9 Å². The first kappa shape index (κ1) is 22.3. The van der Waals surface area contributed by atoms with Crippen molar-refractivity contribution in [1.82, 2.24) is 20.2 Å². The Kier molecular flexibility index (Phi) is 6.01. The number of carbonyl (C=O) groups excluding carboxylic acids is 1. The van der Waals surface area contributed by atoms with Gasteiger partial charge in [0.15, 0.2) is 0 Å². The molecule has 0 saturated carbocycles. The second-order valence-electron chi connectivity index (χ2n) is 8.56. The van der Waals surface area contributed by atoms with Gasteiger partial charge in [-0.2, -0.15) is 4.68 Å². The lowest BCUT2D eigenvalue weighted by Crippen LogP contribution is -2.37. The molecule has 0 aliphatic carbocycles. The topological polar surface area (TPSA) is 85.2 Å². The standard InChI is InChI=1S/C27H26N6O2/c1-18-4-8-20(9-5-18)24-16-25(21-10-6-19(2)7-11-21)33-27(29-30-31-33)32(24)17-26(34)28-22-12-14-23(35-3)15-13-22/h4-16,25H,17H2,1-3H3,(H,28,34). The maximum atomic E-state index is 13.1. The summed E-state index contributed by atoms with van der Waals surface area (Å²) in [6.07, 6.45) is 2.11. The van der Waals surface area contributed by atoms with Crippen LogP contribution < -0.4 is 15.0 Å². The van der Waals surface area contributed by atoms with Crippen molar-refractivity contribution >= 4 is 23.2 Å². The minimum atomic E-state index is -0.196. The molecule has 8 nitrogen and oxygen atoms in total. The fraction of sp³-hybridized carbons (Fsp3) is 0.185. The predicted octanol–water partition coefficient (Wildman–Crippen LogP) is 4.39. The average Bonchev–Trinajstić information content (AvgIpc) is 3.36. The molecule has 0 saturated heterocycles. The number of nitrogens with one attached hydrogen (secondary N) is 1. The number of fused-ring (bicyclic) bond motifs is 1. The van der Waals surface area contributed by atoms with E-state index in [1.807, 2.05) is 4.90 Å². The molecule has 1 unspecified atom stereocenters. The molecule has 1 atom stereocenters. The summed E-state index contributed by atoms with van der Waals surface area (Å²) in [5.74, 6) is 1.06. The van der Waals surface area contributed by atoms with E-state index in [-0.39, 0.29) is 18.5 Å². The Labute approximate surface area is 203 Å². The third-order valence-electron chi connectivity index (χ3n) is 6.03. The molecule has 35 heavy (non-hydrogen) atoms. The molecule has 0 bridgehead atoms. The zero-order chi connectivity index (χ0) is 24.4. The Morgan fingerprint density at radius 3 is 2.26 bits per heavy atom. The van der Waals surface area contributed by atoms with E-state index in [0.717, 1.165) is 28.1 Å². The average molecular weight is 467 g/mol. The van der Waals surface area contributed by atoms with E-state index in [1.165, 1.54) is 5.56 Å². The van der Waals surface area contributed by atoms with Gasteiger partial charge in [0.2, 0.25) is 5.91 Å². The second kappa shape index (κ2) is 9.42. The zero-order valence-electron chi connectivity index (χ0n) is 19.8. The Morgan fingerprint density at radius 1 is 0.943 bits per heavy atom. The Balaban J connectivity index is 1.50. The number of amides is 1. The minimum absolute atomic E-state index is 0.0483. The fourth-order valence-electron chi connectivity index (χ4n) is 4.12. The van der Waals surface area contributed by atoms with Crippen LogP contribution in [0.2, 0.25) is 0 Å². The molecule has 0 fully saturated rings. The minimum Gasteiger partial charge on any atom is -0.497 e. The summed E-state index contributed by atoms with van der Waals surface area (Å²) in [5.41, 5.74) is 5.96. The van der Waals surface area contributed by atoms with Gasteiger partial charge in [-0.05, 0) is 65.7 Å². The normalized spacial score (nSPS) is 14.8. The quantitative estimate of drug-likeness (QED) is 0.454. The number of ether oxygens (including phenoxy) is 1. The van der Waals surface area contributed by atoms with Crippen molar-refractivity contribution in [2.24, 2.45) is 0 Å². The van der Waals surface area contributed by atoms with Crippen molar-refractivity contribution in [3.8, 4) is 5.75 Å². The summed E-state index contributed by atoms with van der Waals surface area (Å²) in [4.78, 5) is 15.0. The molecule has 2 heterocycles. The highest BCUT2D eigenvalue weighted by Crippen LogP contribution is 2.36. The molecule has 4 aromatic rings. The summed E-state index contributed by atoms with van der Waals surface area (Å²) in [6, 6.07) is 23.6. The van der Waals surface area contributed by atoms with Crippen LogP contribution in [0, 0.1) is 13.8 Å². The summed E-state index contributed by atoms with van der Waals surface area (Å²) in [5, 5.41) is 15.5. The molecule has 1 aromatic heterocycles. The number of anilines is 2. The van der Waals surface area contributed by atoms with Crippen molar-refractivity contribution in [3.63, 3.8) is 0 Å². The number of rotatable bonds is 6. The third-order valence-corrected chi connectivity index (χ3v) is 6.03. The smallest absolute Gasteiger partial charge is 0.251 e. The number of aryl methyl sites for hydroxylation is 2. The lowest BCUT2D eigenvalue weighted by molar-refractivity contribution is -0.114. The lowest BCUT2D eigenvalue weighted by atomic mass is 9.99. The number of allylic oxidation sites excluding steroid dienone is 1. The van der Waals surface area contributed by atoms with Gasteiger partial charge in [-0.15, -0.1) is 0 Å². The van der Waals surface area contributed by atoms with Crippen LogP contribution in [0.15, 0.2) is 78.9 Å². The predicted molar refractivity (Wildman–Crippen MR) is 135 cm³/mol. The van der Waals surface area contributed by atoms with Crippen LogP contribution in [0.3, 0.4) is 0 Å². The SMILES string of the molecule is COc1ccc(NC(=O)CN2C(c3ccc(C)cc3)=CC(c3ccc(C)cc3)n3nnnc32)cc1. The van der Waals surface area contributed by atoms with E-state index >= 15 is 0 Å². The van der Waals surface area contributed by atoms with Crippen molar-refractivity contribution < 1.29 is 9.53 Å². The molecule has 1 N–H and O–H groups in total.